The number of hydrogen-bond donors (Lipinski definition) is 1. The molecule has 1 fully saturated rings. The molecule has 0 radical (unpaired) electrons. The highest BCUT2D eigenvalue weighted by Gasteiger charge is 2.24. The topological polar surface area (TPSA) is 35.6 Å². The van der Waals surface area contributed by atoms with Crippen LogP contribution in [0.5, 0.6) is 0 Å². The summed E-state index contributed by atoms with van der Waals surface area (Å²) < 4.78 is 0. The minimum Gasteiger partial charge on any atom is -0.338 e. The summed E-state index contributed by atoms with van der Waals surface area (Å²) in [7, 11) is 0. The quantitative estimate of drug-likeness (QED) is 0.677. The molecule has 0 aliphatic carbocycles. The number of likely N-dealkylation sites (N-methyl/N-ethyl adjacent to an activating group) is 1. The fraction of sp³-hybridized carbons (Fsp3) is 0.800. The van der Waals surface area contributed by atoms with Gasteiger partial charge in [-0.3, -0.25) is 9.69 Å². The van der Waals surface area contributed by atoms with Gasteiger partial charge in [-0.2, -0.15) is 0 Å². The summed E-state index contributed by atoms with van der Waals surface area (Å²) in [5.74, 6) is 0.228. The van der Waals surface area contributed by atoms with Gasteiger partial charge in [-0.1, -0.05) is 19.1 Å². The van der Waals surface area contributed by atoms with Crippen LogP contribution in [0.15, 0.2) is 12.2 Å². The van der Waals surface area contributed by atoms with Crippen LogP contribution in [-0.4, -0.2) is 61.0 Å². The van der Waals surface area contributed by atoms with Crippen molar-refractivity contribution in [1.82, 2.24) is 15.1 Å². The summed E-state index contributed by atoms with van der Waals surface area (Å²) in [6, 6.07) is 0.521. The monoisotopic (exact) mass is 267 g/mol. The van der Waals surface area contributed by atoms with Gasteiger partial charge in [0.25, 0.3) is 0 Å². The van der Waals surface area contributed by atoms with E-state index in [1.165, 1.54) is 0 Å². The van der Waals surface area contributed by atoms with Crippen LogP contribution in [0.25, 0.3) is 0 Å². The van der Waals surface area contributed by atoms with Gasteiger partial charge in [0.1, 0.15) is 0 Å². The maximum Gasteiger partial charge on any atom is 0.237 e. The van der Waals surface area contributed by atoms with E-state index in [-0.39, 0.29) is 5.91 Å². The third kappa shape index (κ3) is 5.33. The molecule has 19 heavy (non-hydrogen) atoms. The van der Waals surface area contributed by atoms with Crippen molar-refractivity contribution >= 4 is 5.91 Å². The molecular weight excluding hydrogens is 238 g/mol. The standard InChI is InChI=1S/C15H29N3O/c1-5-9-18(14-7-8-16-10-14)12-15(19)17(6-2)11-13(3)4/h14,16H,3,5-12H2,1-2,4H3. The predicted molar refractivity (Wildman–Crippen MR) is 80.2 cm³/mol. The van der Waals surface area contributed by atoms with Gasteiger partial charge in [-0.05, 0) is 39.8 Å². The SMILES string of the molecule is C=C(C)CN(CC)C(=O)CN(CCC)C1CCNC1. The fourth-order valence-electron chi connectivity index (χ4n) is 2.60. The van der Waals surface area contributed by atoms with E-state index in [0.29, 0.717) is 19.1 Å². The maximum absolute atomic E-state index is 12.4. The number of rotatable bonds is 8. The van der Waals surface area contributed by atoms with Crippen molar-refractivity contribution in [2.45, 2.75) is 39.7 Å². The Morgan fingerprint density at radius 2 is 2.11 bits per heavy atom. The Balaban J connectivity index is 2.55. The summed E-state index contributed by atoms with van der Waals surface area (Å²) in [6.07, 6.45) is 2.25. The van der Waals surface area contributed by atoms with Gasteiger partial charge < -0.3 is 10.2 Å². The largest absolute Gasteiger partial charge is 0.338 e. The van der Waals surface area contributed by atoms with Crippen LogP contribution < -0.4 is 5.32 Å². The highest BCUT2D eigenvalue weighted by molar-refractivity contribution is 5.78. The summed E-state index contributed by atoms with van der Waals surface area (Å²) in [6.45, 7) is 15.1. The van der Waals surface area contributed by atoms with Crippen molar-refractivity contribution in [2.24, 2.45) is 0 Å². The average Bonchev–Trinajstić information content (AvgIpc) is 2.88. The van der Waals surface area contributed by atoms with Gasteiger partial charge in [0.05, 0.1) is 6.54 Å². The Bertz CT molecular complexity index is 298. The molecule has 4 heteroatoms. The van der Waals surface area contributed by atoms with E-state index < -0.39 is 0 Å². The molecule has 1 atom stereocenters. The second kappa shape index (κ2) is 8.33. The van der Waals surface area contributed by atoms with Crippen molar-refractivity contribution in [2.75, 3.05) is 39.3 Å². The number of hydrogen-bond acceptors (Lipinski definition) is 3. The van der Waals surface area contributed by atoms with Crippen LogP contribution in [0, 0.1) is 0 Å². The molecule has 0 bridgehead atoms. The highest BCUT2D eigenvalue weighted by Crippen LogP contribution is 2.10. The molecule has 0 aromatic carbocycles. The zero-order valence-electron chi connectivity index (χ0n) is 12.7. The maximum atomic E-state index is 12.4. The van der Waals surface area contributed by atoms with E-state index in [0.717, 1.165) is 44.6 Å². The molecule has 0 saturated carbocycles. The first-order chi connectivity index (χ1) is 9.08. The zero-order chi connectivity index (χ0) is 14.3. The van der Waals surface area contributed by atoms with Crippen molar-refractivity contribution in [3.63, 3.8) is 0 Å². The number of nitrogens with zero attached hydrogens (tertiary/aromatic N) is 2. The van der Waals surface area contributed by atoms with E-state index in [1.807, 2.05) is 18.7 Å². The third-order valence-corrected chi connectivity index (χ3v) is 3.60. The van der Waals surface area contributed by atoms with Crippen molar-refractivity contribution < 1.29 is 4.79 Å². The van der Waals surface area contributed by atoms with Crippen molar-refractivity contribution in [1.29, 1.82) is 0 Å². The van der Waals surface area contributed by atoms with E-state index in [1.54, 1.807) is 0 Å². The first-order valence-electron chi connectivity index (χ1n) is 7.45. The number of nitrogens with one attached hydrogen (secondary N) is 1. The van der Waals surface area contributed by atoms with Gasteiger partial charge in [-0.25, -0.2) is 0 Å². The molecule has 4 nitrogen and oxygen atoms in total. The average molecular weight is 267 g/mol. The van der Waals surface area contributed by atoms with Crippen LogP contribution in [0.4, 0.5) is 0 Å². The Morgan fingerprint density at radius 1 is 1.37 bits per heavy atom. The molecule has 1 heterocycles. The van der Waals surface area contributed by atoms with Crippen LogP contribution in [0.3, 0.4) is 0 Å². The molecule has 1 aliphatic heterocycles. The summed E-state index contributed by atoms with van der Waals surface area (Å²) >= 11 is 0. The number of amides is 1. The van der Waals surface area contributed by atoms with Gasteiger partial charge in [-0.15, -0.1) is 0 Å². The first kappa shape index (κ1) is 16.2. The van der Waals surface area contributed by atoms with E-state index in [4.69, 9.17) is 0 Å². The lowest BCUT2D eigenvalue weighted by Crippen LogP contribution is -2.46. The molecule has 1 aliphatic rings. The minimum atomic E-state index is 0.228. The van der Waals surface area contributed by atoms with E-state index >= 15 is 0 Å². The summed E-state index contributed by atoms with van der Waals surface area (Å²) in [4.78, 5) is 16.6. The van der Waals surface area contributed by atoms with Gasteiger partial charge >= 0.3 is 0 Å². The highest BCUT2D eigenvalue weighted by atomic mass is 16.2. The Kier molecular flexibility index (Phi) is 7.10. The lowest BCUT2D eigenvalue weighted by molar-refractivity contribution is -0.132. The predicted octanol–water partition coefficient (Wildman–Crippen LogP) is 1.48. The molecule has 1 N–H and O–H groups in total. The lowest BCUT2D eigenvalue weighted by atomic mass is 10.2. The number of carbonyl (C=O) groups is 1. The minimum absolute atomic E-state index is 0.228. The number of carbonyl (C=O) groups excluding carboxylic acids is 1. The van der Waals surface area contributed by atoms with E-state index in [9.17, 15) is 4.79 Å². The summed E-state index contributed by atoms with van der Waals surface area (Å²) in [5, 5.41) is 3.38. The van der Waals surface area contributed by atoms with Crippen LogP contribution in [0.2, 0.25) is 0 Å². The van der Waals surface area contributed by atoms with Crippen molar-refractivity contribution in [3.8, 4) is 0 Å². The molecule has 1 saturated heterocycles. The smallest absolute Gasteiger partial charge is 0.237 e. The Hall–Kier alpha value is -0.870. The summed E-state index contributed by atoms with van der Waals surface area (Å²) in [5.41, 5.74) is 1.04. The van der Waals surface area contributed by atoms with Gasteiger partial charge in [0.2, 0.25) is 5.91 Å². The molecule has 0 aromatic heterocycles. The molecule has 1 rings (SSSR count). The molecule has 1 amide bonds. The molecule has 0 aromatic rings. The fourth-order valence-corrected chi connectivity index (χ4v) is 2.60. The van der Waals surface area contributed by atoms with Crippen LogP contribution in [0.1, 0.15) is 33.6 Å². The first-order valence-corrected chi connectivity index (χ1v) is 7.45. The van der Waals surface area contributed by atoms with Gasteiger partial charge in [0.15, 0.2) is 0 Å². The normalized spacial score (nSPS) is 18.8. The second-order valence-corrected chi connectivity index (χ2v) is 5.48. The molecular formula is C15H29N3O. The van der Waals surface area contributed by atoms with E-state index in [2.05, 4.69) is 23.7 Å². The van der Waals surface area contributed by atoms with Crippen LogP contribution in [-0.2, 0) is 4.79 Å². The van der Waals surface area contributed by atoms with Gasteiger partial charge in [0, 0.05) is 25.7 Å². The molecule has 110 valence electrons. The molecule has 1 unspecified atom stereocenters. The Labute approximate surface area is 117 Å². The Morgan fingerprint density at radius 3 is 2.58 bits per heavy atom. The van der Waals surface area contributed by atoms with Crippen molar-refractivity contribution in [3.05, 3.63) is 12.2 Å². The third-order valence-electron chi connectivity index (χ3n) is 3.60. The molecule has 0 spiro atoms. The van der Waals surface area contributed by atoms with Crippen LogP contribution >= 0.6 is 0 Å². The second-order valence-electron chi connectivity index (χ2n) is 5.48. The zero-order valence-corrected chi connectivity index (χ0v) is 12.7. The lowest BCUT2D eigenvalue weighted by Gasteiger charge is -2.30.